The van der Waals surface area contributed by atoms with Crippen LogP contribution in [0.25, 0.3) is 10.2 Å². The second kappa shape index (κ2) is 6.60. The third-order valence-corrected chi connectivity index (χ3v) is 4.95. The van der Waals surface area contributed by atoms with Gasteiger partial charge in [0.05, 0.1) is 5.39 Å². The quantitative estimate of drug-likeness (QED) is 0.631. The van der Waals surface area contributed by atoms with E-state index in [1.165, 1.54) is 4.88 Å². The summed E-state index contributed by atoms with van der Waals surface area (Å²) in [6, 6.07) is 2.57. The van der Waals surface area contributed by atoms with Gasteiger partial charge in [0.2, 0.25) is 5.95 Å². The van der Waals surface area contributed by atoms with E-state index in [1.54, 1.807) is 11.3 Å². The number of hydrogen-bond donors (Lipinski definition) is 2. The number of thioether (sulfide) groups is 1. The first-order chi connectivity index (χ1) is 9.56. The van der Waals surface area contributed by atoms with Crippen molar-refractivity contribution in [3.8, 4) is 0 Å². The molecule has 0 bridgehead atoms. The van der Waals surface area contributed by atoms with Crippen LogP contribution in [0.2, 0.25) is 0 Å². The zero-order chi connectivity index (χ0) is 14.7. The Bertz CT molecular complexity index is 583. The average molecular weight is 311 g/mol. The van der Waals surface area contributed by atoms with Gasteiger partial charge >= 0.3 is 0 Å². The summed E-state index contributed by atoms with van der Waals surface area (Å²) in [5.41, 5.74) is 2.56. The van der Waals surface area contributed by atoms with Crippen LogP contribution in [0.3, 0.4) is 0 Å². The summed E-state index contributed by atoms with van der Waals surface area (Å²) in [6.07, 6.45) is 3.26. The molecule has 2 heterocycles. The Hall–Kier alpha value is -1.05. The Kier molecular flexibility index (Phi) is 5.06. The molecule has 2 aromatic rings. The molecule has 0 aromatic carbocycles. The van der Waals surface area contributed by atoms with Crippen LogP contribution in [0.5, 0.6) is 0 Å². The van der Waals surface area contributed by atoms with E-state index in [9.17, 15) is 0 Å². The number of aromatic nitrogens is 2. The fourth-order valence-corrected chi connectivity index (χ4v) is 3.50. The van der Waals surface area contributed by atoms with Gasteiger partial charge in [-0.25, -0.2) is 10.8 Å². The highest BCUT2D eigenvalue weighted by atomic mass is 32.2. The minimum Gasteiger partial charge on any atom is -0.356 e. The lowest BCUT2D eigenvalue weighted by Gasteiger charge is -2.26. The molecule has 0 aliphatic heterocycles. The van der Waals surface area contributed by atoms with Gasteiger partial charge in [0.1, 0.15) is 10.6 Å². The van der Waals surface area contributed by atoms with E-state index in [0.29, 0.717) is 12.0 Å². The zero-order valence-electron chi connectivity index (χ0n) is 12.3. The maximum Gasteiger partial charge on any atom is 0.240 e. The second-order valence-electron chi connectivity index (χ2n) is 4.83. The summed E-state index contributed by atoms with van der Waals surface area (Å²) in [5, 5.41) is 1.10. The summed E-state index contributed by atoms with van der Waals surface area (Å²) in [4.78, 5) is 13.4. The number of nitrogens with zero attached hydrogens (tertiary/aromatic N) is 3. The van der Waals surface area contributed by atoms with Crippen molar-refractivity contribution in [1.29, 1.82) is 0 Å². The number of nitrogens with two attached hydrogens (primary N) is 1. The third kappa shape index (κ3) is 3.16. The maximum atomic E-state index is 5.48. The van der Waals surface area contributed by atoms with E-state index in [-0.39, 0.29) is 0 Å². The molecule has 0 saturated carbocycles. The van der Waals surface area contributed by atoms with Crippen LogP contribution in [0, 0.1) is 6.92 Å². The van der Waals surface area contributed by atoms with Gasteiger partial charge in [0, 0.05) is 18.0 Å². The van der Waals surface area contributed by atoms with Crippen LogP contribution >= 0.6 is 23.1 Å². The van der Waals surface area contributed by atoms with Crippen LogP contribution in [0.4, 0.5) is 11.8 Å². The summed E-state index contributed by atoms with van der Waals surface area (Å²) in [5.74, 6) is 8.04. The first-order valence-electron chi connectivity index (χ1n) is 6.53. The molecule has 1 unspecified atom stereocenters. The minimum atomic E-state index is 0.423. The van der Waals surface area contributed by atoms with Crippen molar-refractivity contribution in [2.24, 2.45) is 5.84 Å². The SMILES string of the molecule is CSCCC(C)N(C)c1nc(NN)nc2sc(C)cc12. The highest BCUT2D eigenvalue weighted by molar-refractivity contribution is 7.98. The van der Waals surface area contributed by atoms with Crippen molar-refractivity contribution in [3.05, 3.63) is 10.9 Å². The molecule has 1 atom stereocenters. The lowest BCUT2D eigenvalue weighted by atomic mass is 10.2. The summed E-state index contributed by atoms with van der Waals surface area (Å²) >= 11 is 3.53. The number of hydrogen-bond acceptors (Lipinski definition) is 7. The van der Waals surface area contributed by atoms with Crippen LogP contribution < -0.4 is 16.2 Å². The van der Waals surface area contributed by atoms with E-state index in [2.05, 4.69) is 53.5 Å². The molecule has 0 saturated heterocycles. The monoisotopic (exact) mass is 311 g/mol. The predicted octanol–water partition coefficient (Wildman–Crippen LogP) is 2.86. The largest absolute Gasteiger partial charge is 0.356 e. The van der Waals surface area contributed by atoms with Crippen molar-refractivity contribution in [1.82, 2.24) is 9.97 Å². The van der Waals surface area contributed by atoms with E-state index in [1.807, 2.05) is 11.8 Å². The Morgan fingerprint density at radius 3 is 2.90 bits per heavy atom. The maximum absolute atomic E-state index is 5.48. The van der Waals surface area contributed by atoms with Gasteiger partial charge in [0.15, 0.2) is 0 Å². The van der Waals surface area contributed by atoms with Gasteiger partial charge in [-0.05, 0) is 38.3 Å². The first-order valence-corrected chi connectivity index (χ1v) is 8.74. The van der Waals surface area contributed by atoms with Crippen molar-refractivity contribution >= 4 is 45.1 Å². The van der Waals surface area contributed by atoms with E-state index in [0.717, 1.165) is 28.2 Å². The molecular formula is C13H21N5S2. The molecule has 0 aliphatic rings. The van der Waals surface area contributed by atoms with Crippen molar-refractivity contribution in [3.63, 3.8) is 0 Å². The summed E-state index contributed by atoms with van der Waals surface area (Å²) in [6.45, 7) is 4.31. The van der Waals surface area contributed by atoms with E-state index >= 15 is 0 Å². The van der Waals surface area contributed by atoms with Crippen LogP contribution in [0.1, 0.15) is 18.2 Å². The van der Waals surface area contributed by atoms with Gasteiger partial charge in [-0.15, -0.1) is 11.3 Å². The number of rotatable bonds is 6. The van der Waals surface area contributed by atoms with Gasteiger partial charge in [-0.1, -0.05) is 0 Å². The highest BCUT2D eigenvalue weighted by Gasteiger charge is 2.17. The third-order valence-electron chi connectivity index (χ3n) is 3.36. The zero-order valence-corrected chi connectivity index (χ0v) is 13.9. The normalized spacial score (nSPS) is 12.7. The molecule has 0 radical (unpaired) electrons. The predicted molar refractivity (Wildman–Crippen MR) is 90.8 cm³/mol. The molecule has 0 spiro atoms. The minimum absolute atomic E-state index is 0.423. The topological polar surface area (TPSA) is 67.1 Å². The summed E-state index contributed by atoms with van der Waals surface area (Å²) < 4.78 is 0. The molecular weight excluding hydrogens is 290 g/mol. The fourth-order valence-electron chi connectivity index (χ4n) is 2.05. The molecule has 7 heteroatoms. The van der Waals surface area contributed by atoms with Crippen molar-refractivity contribution in [2.75, 3.05) is 29.4 Å². The summed E-state index contributed by atoms with van der Waals surface area (Å²) in [7, 11) is 2.08. The number of hydrazine groups is 1. The molecule has 20 heavy (non-hydrogen) atoms. The molecule has 110 valence electrons. The molecule has 0 aliphatic carbocycles. The second-order valence-corrected chi connectivity index (χ2v) is 7.05. The van der Waals surface area contributed by atoms with Crippen LogP contribution in [-0.2, 0) is 0 Å². The molecule has 0 amide bonds. The molecule has 2 aromatic heterocycles. The molecule has 2 rings (SSSR count). The first kappa shape index (κ1) is 15.3. The Morgan fingerprint density at radius 2 is 2.25 bits per heavy atom. The van der Waals surface area contributed by atoms with Crippen molar-refractivity contribution in [2.45, 2.75) is 26.3 Å². The Balaban J connectivity index is 2.40. The number of fused-ring (bicyclic) bond motifs is 1. The highest BCUT2D eigenvalue weighted by Crippen LogP contribution is 2.32. The number of anilines is 2. The average Bonchev–Trinajstić information content (AvgIpc) is 2.82. The van der Waals surface area contributed by atoms with Gasteiger partial charge < -0.3 is 4.90 Å². The van der Waals surface area contributed by atoms with E-state index in [4.69, 9.17) is 5.84 Å². The number of nitrogens with one attached hydrogen (secondary N) is 1. The van der Waals surface area contributed by atoms with Gasteiger partial charge in [-0.3, -0.25) is 5.43 Å². The number of aryl methyl sites for hydroxylation is 1. The van der Waals surface area contributed by atoms with Gasteiger partial charge in [-0.2, -0.15) is 16.7 Å². The fraction of sp³-hybridized carbons (Fsp3) is 0.538. The Morgan fingerprint density at radius 1 is 1.50 bits per heavy atom. The smallest absolute Gasteiger partial charge is 0.240 e. The number of nitrogen functional groups attached to an aromatic ring is 1. The molecule has 3 N–H and O–H groups in total. The van der Waals surface area contributed by atoms with Gasteiger partial charge in [0.25, 0.3) is 0 Å². The lowest BCUT2D eigenvalue weighted by Crippen LogP contribution is -2.30. The molecule has 0 fully saturated rings. The number of thiophene rings is 1. The van der Waals surface area contributed by atoms with Crippen LogP contribution in [0.15, 0.2) is 6.07 Å². The van der Waals surface area contributed by atoms with Crippen molar-refractivity contribution < 1.29 is 0 Å². The standard InChI is InChI=1S/C13H21N5S2/c1-8(5-6-19-4)18(3)11-10-7-9(2)20-12(10)16-13(15-11)17-14/h7-8H,5-6,14H2,1-4H3,(H,15,16,17). The van der Waals surface area contributed by atoms with E-state index < -0.39 is 0 Å². The lowest BCUT2D eigenvalue weighted by molar-refractivity contribution is 0.664. The molecule has 5 nitrogen and oxygen atoms in total. The Labute approximate surface area is 127 Å². The van der Waals surface area contributed by atoms with Crippen LogP contribution in [-0.4, -0.2) is 35.1 Å².